The molecule has 3 aromatic carbocycles. The van der Waals surface area contributed by atoms with E-state index in [4.69, 9.17) is 0 Å². The van der Waals surface area contributed by atoms with Crippen LogP contribution in [0, 0.1) is 27.7 Å². The predicted octanol–water partition coefficient (Wildman–Crippen LogP) is 9.71. The molecular formula is C40H45N2O2+. The van der Waals surface area contributed by atoms with Gasteiger partial charge in [-0.3, -0.25) is 4.79 Å². The number of hydrogen-bond donors (Lipinski definition) is 1. The van der Waals surface area contributed by atoms with Crippen molar-refractivity contribution in [3.63, 3.8) is 0 Å². The van der Waals surface area contributed by atoms with Crippen molar-refractivity contribution in [1.29, 1.82) is 0 Å². The quantitative estimate of drug-likeness (QED) is 0.211. The van der Waals surface area contributed by atoms with Crippen LogP contribution in [0.3, 0.4) is 0 Å². The highest BCUT2D eigenvalue weighted by Gasteiger charge is 2.37. The smallest absolute Gasteiger partial charge is 0.208 e. The number of carbonyl (C=O) groups is 1. The number of rotatable bonds is 8. The normalized spacial score (nSPS) is 15.9. The number of anilines is 2. The third-order valence-electron chi connectivity index (χ3n) is 9.08. The number of benzene rings is 3. The maximum atomic E-state index is 13.4. The van der Waals surface area contributed by atoms with Gasteiger partial charge in [-0.15, -0.1) is 0 Å². The van der Waals surface area contributed by atoms with Gasteiger partial charge < -0.3 is 10.0 Å². The molecule has 2 unspecified atom stereocenters. The average Bonchev–Trinajstić information content (AvgIpc) is 3.01. The monoisotopic (exact) mass is 585 g/mol. The van der Waals surface area contributed by atoms with E-state index in [-0.39, 0.29) is 11.5 Å². The molecule has 4 nitrogen and oxygen atoms in total. The lowest BCUT2D eigenvalue weighted by Crippen LogP contribution is -2.28. The van der Waals surface area contributed by atoms with Gasteiger partial charge in [0.1, 0.15) is 5.76 Å². The Balaban J connectivity index is 1.45. The number of allylic oxidation sites excluding steroid dienone is 7. The summed E-state index contributed by atoms with van der Waals surface area (Å²) in [5.41, 5.74) is 11.7. The van der Waals surface area contributed by atoms with Crippen molar-refractivity contribution in [3.8, 4) is 0 Å². The van der Waals surface area contributed by atoms with Gasteiger partial charge in [-0.1, -0.05) is 55.3 Å². The van der Waals surface area contributed by atoms with Crippen molar-refractivity contribution >= 4 is 34.1 Å². The number of aliphatic hydroxyl groups excluding tert-OH is 1. The Labute approximate surface area is 263 Å². The lowest BCUT2D eigenvalue weighted by molar-refractivity contribution is -0.480. The lowest BCUT2D eigenvalue weighted by atomic mass is 9.80. The third-order valence-corrected chi connectivity index (χ3v) is 9.08. The van der Waals surface area contributed by atoms with Crippen LogP contribution in [0.15, 0.2) is 102 Å². The summed E-state index contributed by atoms with van der Waals surface area (Å²) in [5, 5.41) is 11.1. The maximum absolute atomic E-state index is 13.4. The van der Waals surface area contributed by atoms with Crippen LogP contribution >= 0.6 is 0 Å². The summed E-state index contributed by atoms with van der Waals surface area (Å²) in [6, 6.07) is 21.7. The van der Waals surface area contributed by atoms with Crippen LogP contribution in [-0.2, 0) is 4.79 Å². The molecule has 0 fully saturated rings. The first-order chi connectivity index (χ1) is 21.0. The Morgan fingerprint density at radius 3 is 1.91 bits per heavy atom. The molecule has 0 spiro atoms. The molecule has 1 N–H and O–H groups in total. The zero-order chi connectivity index (χ0) is 31.7. The summed E-state index contributed by atoms with van der Waals surface area (Å²) in [6.45, 7) is 17.4. The largest absolute Gasteiger partial charge is 0.506 e. The second-order valence-corrected chi connectivity index (χ2v) is 12.4. The summed E-state index contributed by atoms with van der Waals surface area (Å²) in [5.74, 6) is -0.0545. The van der Waals surface area contributed by atoms with Gasteiger partial charge >= 0.3 is 0 Å². The molecule has 2 aliphatic rings. The molecule has 3 aromatic rings. The molecule has 0 amide bonds. The van der Waals surface area contributed by atoms with Crippen LogP contribution < -0.4 is 4.90 Å². The fourth-order valence-corrected chi connectivity index (χ4v) is 6.29. The topological polar surface area (TPSA) is 43.5 Å². The molecule has 0 heterocycles. The average molecular weight is 586 g/mol. The number of nitrogens with zero attached hydrogens (tertiary/aromatic N) is 2. The summed E-state index contributed by atoms with van der Waals surface area (Å²) in [7, 11) is 0. The van der Waals surface area contributed by atoms with Crippen LogP contribution in [0.25, 0.3) is 5.57 Å². The van der Waals surface area contributed by atoms with E-state index in [1.165, 1.54) is 33.6 Å². The molecular weight excluding hydrogens is 540 g/mol. The molecule has 0 aromatic heterocycles. The van der Waals surface area contributed by atoms with Crippen molar-refractivity contribution in [3.05, 3.63) is 130 Å². The zero-order valence-corrected chi connectivity index (χ0v) is 27.4. The van der Waals surface area contributed by atoms with Gasteiger partial charge in [0.05, 0.1) is 11.1 Å². The number of Topliss-reactive ketones (excluding diaryl/α,β-unsaturated/α-hetero) is 1. The number of aryl methyl sites for hydroxylation is 4. The molecule has 5 rings (SSSR count). The Bertz CT molecular complexity index is 1750. The molecule has 0 saturated heterocycles. The van der Waals surface area contributed by atoms with E-state index < -0.39 is 0 Å². The number of aliphatic hydroxyl groups is 1. The summed E-state index contributed by atoms with van der Waals surface area (Å²) >= 11 is 0. The number of ketones is 1. The Hall–Kier alpha value is -4.44. The summed E-state index contributed by atoms with van der Waals surface area (Å²) < 4.78 is 2.36. The molecule has 0 saturated carbocycles. The highest BCUT2D eigenvalue weighted by Crippen LogP contribution is 2.40. The van der Waals surface area contributed by atoms with E-state index in [1.807, 2.05) is 24.3 Å². The second-order valence-electron chi connectivity index (χ2n) is 12.4. The van der Waals surface area contributed by atoms with E-state index in [9.17, 15) is 9.90 Å². The number of carbonyl (C=O) groups excluding carboxylic acids is 1. The van der Waals surface area contributed by atoms with Crippen LogP contribution in [-0.4, -0.2) is 33.3 Å². The second kappa shape index (κ2) is 12.7. The van der Waals surface area contributed by atoms with Gasteiger partial charge in [0.15, 0.2) is 6.04 Å². The minimum atomic E-state index is -0.121. The standard InChI is InChI=1S/C40H44N2O2/c1-9-29(7)41(35-21-11-25(3)23-27(35)5)33-17-13-31(14-18-33)37-39(43)38(40(37)44)32-15-19-34(20-16-32)42(30(8)10-2)36-22-12-26(4)24-28(36)6/h11-24,29-30H,9-10H2,1-8H3/p+1. The molecule has 0 bridgehead atoms. The van der Waals surface area contributed by atoms with Crippen molar-refractivity contribution < 1.29 is 14.5 Å². The van der Waals surface area contributed by atoms with Gasteiger partial charge in [0.2, 0.25) is 17.2 Å². The van der Waals surface area contributed by atoms with Crippen molar-refractivity contribution in [2.24, 2.45) is 0 Å². The van der Waals surface area contributed by atoms with Gasteiger partial charge in [0, 0.05) is 47.6 Å². The van der Waals surface area contributed by atoms with Crippen LogP contribution in [0.2, 0.25) is 0 Å². The van der Waals surface area contributed by atoms with Crippen molar-refractivity contribution in [2.75, 3.05) is 4.90 Å². The molecule has 0 radical (unpaired) electrons. The van der Waals surface area contributed by atoms with E-state index in [1.54, 1.807) is 0 Å². The highest BCUT2D eigenvalue weighted by molar-refractivity contribution is 6.39. The molecule has 4 heteroatoms. The molecule has 2 aliphatic carbocycles. The first-order valence-corrected chi connectivity index (χ1v) is 15.8. The Morgan fingerprint density at radius 2 is 1.36 bits per heavy atom. The Morgan fingerprint density at radius 1 is 0.750 bits per heavy atom. The zero-order valence-electron chi connectivity index (χ0n) is 27.4. The Kier molecular flexibility index (Phi) is 8.92. The van der Waals surface area contributed by atoms with Crippen LogP contribution in [0.5, 0.6) is 0 Å². The van der Waals surface area contributed by atoms with Gasteiger partial charge in [-0.05, 0) is 101 Å². The fraction of sp³-hybridized carbons (Fsp3) is 0.300. The van der Waals surface area contributed by atoms with Gasteiger partial charge in [0.25, 0.3) is 0 Å². The fourth-order valence-electron chi connectivity index (χ4n) is 6.29. The molecule has 2 atom stereocenters. The van der Waals surface area contributed by atoms with E-state index in [2.05, 4.69) is 126 Å². The highest BCUT2D eigenvalue weighted by atomic mass is 16.3. The molecule has 44 heavy (non-hydrogen) atoms. The van der Waals surface area contributed by atoms with Crippen molar-refractivity contribution in [2.45, 2.75) is 80.3 Å². The summed E-state index contributed by atoms with van der Waals surface area (Å²) in [6.07, 6.45) is 10.00. The van der Waals surface area contributed by atoms with E-state index in [0.29, 0.717) is 23.2 Å². The summed E-state index contributed by atoms with van der Waals surface area (Å²) in [4.78, 5) is 15.8. The predicted molar refractivity (Wildman–Crippen MR) is 185 cm³/mol. The van der Waals surface area contributed by atoms with E-state index in [0.717, 1.165) is 35.4 Å². The van der Waals surface area contributed by atoms with Gasteiger partial charge in [-0.2, -0.15) is 4.58 Å². The lowest BCUT2D eigenvalue weighted by Gasteiger charge is -2.33. The third kappa shape index (κ3) is 5.74. The van der Waals surface area contributed by atoms with Gasteiger partial charge in [-0.25, -0.2) is 0 Å². The number of hydrogen-bond acceptors (Lipinski definition) is 3. The van der Waals surface area contributed by atoms with Crippen LogP contribution in [0.1, 0.15) is 68.4 Å². The minimum Gasteiger partial charge on any atom is -0.506 e. The minimum absolute atomic E-state index is 0.0665. The first kappa shape index (κ1) is 31.0. The molecule has 0 aliphatic heterocycles. The first-order valence-electron chi connectivity index (χ1n) is 15.8. The SMILES string of the molecule is CCC(C)N(c1ccc(C2=C(O)C(=C3C=CC(=[N+](c4ccc(C)cc4C)C(C)CC)C=C3)C2=O)cc1)c1ccc(C)cc1C. The van der Waals surface area contributed by atoms with Crippen molar-refractivity contribution in [1.82, 2.24) is 0 Å². The van der Waals surface area contributed by atoms with Crippen LogP contribution in [0.4, 0.5) is 17.1 Å². The maximum Gasteiger partial charge on any atom is 0.208 e. The molecule has 226 valence electrons. The van der Waals surface area contributed by atoms with E-state index >= 15 is 0 Å².